The van der Waals surface area contributed by atoms with E-state index in [1.807, 2.05) is 0 Å². The molecular formula is C26H25FN4O9. The second-order valence-corrected chi connectivity index (χ2v) is 8.50. The van der Waals surface area contributed by atoms with Crippen LogP contribution in [-0.4, -0.2) is 60.8 Å². The van der Waals surface area contributed by atoms with Gasteiger partial charge >= 0.3 is 18.0 Å². The quantitative estimate of drug-likeness (QED) is 0.218. The van der Waals surface area contributed by atoms with Gasteiger partial charge in [-0.3, -0.25) is 34.4 Å². The summed E-state index contributed by atoms with van der Waals surface area (Å²) in [5.41, 5.74) is -0.812. The van der Waals surface area contributed by atoms with Gasteiger partial charge in [0.05, 0.1) is 12.6 Å². The molecule has 0 bridgehead atoms. The number of nitrogens with one attached hydrogen (secondary N) is 2. The molecule has 13 nitrogen and oxygen atoms in total. The van der Waals surface area contributed by atoms with Crippen molar-refractivity contribution >= 4 is 29.5 Å². The number of anilines is 1. The van der Waals surface area contributed by atoms with Crippen LogP contribution in [0.25, 0.3) is 11.4 Å². The van der Waals surface area contributed by atoms with Crippen LogP contribution in [0.1, 0.15) is 25.1 Å². The van der Waals surface area contributed by atoms with E-state index in [9.17, 15) is 38.6 Å². The standard InChI is InChI=1S/C26H25FN4O9/c1-14(32)21(35)23(29-18(25(37)38)11-20(33)34)31-22(16-7-9-17(27)10-8-16)28-12-19(24(31)36)30-26(39)40-13-15-5-3-2-4-6-15/h2-10,12,14,18,23,29,32H,11,13H2,1H3,(H,30,39)(H,33,34)(H,37,38)/t14?,18-,23?/m0/s1. The minimum atomic E-state index is -1.97. The summed E-state index contributed by atoms with van der Waals surface area (Å²) in [4.78, 5) is 66.2. The van der Waals surface area contributed by atoms with Crippen molar-refractivity contribution in [3.8, 4) is 11.4 Å². The van der Waals surface area contributed by atoms with Crippen LogP contribution in [0.5, 0.6) is 0 Å². The Balaban J connectivity index is 2.09. The van der Waals surface area contributed by atoms with Gasteiger partial charge in [0, 0.05) is 5.56 Å². The summed E-state index contributed by atoms with van der Waals surface area (Å²) in [6.45, 7) is 0.922. The van der Waals surface area contributed by atoms with Gasteiger partial charge in [-0.2, -0.15) is 0 Å². The summed E-state index contributed by atoms with van der Waals surface area (Å²) in [7, 11) is 0. The van der Waals surface area contributed by atoms with Gasteiger partial charge in [-0.1, -0.05) is 30.3 Å². The number of halogens is 1. The van der Waals surface area contributed by atoms with Crippen LogP contribution in [0.2, 0.25) is 0 Å². The number of hydrogen-bond donors (Lipinski definition) is 5. The van der Waals surface area contributed by atoms with Gasteiger partial charge in [0.15, 0.2) is 11.9 Å². The third-order valence-corrected chi connectivity index (χ3v) is 5.52. The SMILES string of the molecule is CC(O)C(=O)C(N[C@@H](CC(=O)O)C(=O)O)n1c(-c2ccc(F)cc2)ncc(NC(=O)OCc2ccccc2)c1=O. The molecule has 0 aliphatic carbocycles. The topological polar surface area (TPSA) is 197 Å². The molecule has 0 spiro atoms. The van der Waals surface area contributed by atoms with Crippen LogP contribution in [0, 0.1) is 5.82 Å². The molecule has 3 aromatic rings. The predicted octanol–water partition coefficient (Wildman–Crippen LogP) is 1.76. The molecule has 0 aliphatic heterocycles. The molecule has 3 atom stereocenters. The molecule has 40 heavy (non-hydrogen) atoms. The number of aromatic nitrogens is 2. The Morgan fingerprint density at radius 3 is 2.27 bits per heavy atom. The van der Waals surface area contributed by atoms with Crippen molar-refractivity contribution in [3.05, 3.63) is 82.5 Å². The van der Waals surface area contributed by atoms with Gasteiger partial charge in [-0.15, -0.1) is 0 Å². The number of carbonyl (C=O) groups excluding carboxylic acids is 2. The number of rotatable bonds is 12. The minimum absolute atomic E-state index is 0.104. The minimum Gasteiger partial charge on any atom is -0.481 e. The number of carboxylic acid groups (broad SMARTS) is 2. The van der Waals surface area contributed by atoms with Crippen LogP contribution in [0.15, 0.2) is 65.6 Å². The lowest BCUT2D eigenvalue weighted by Gasteiger charge is -2.27. The van der Waals surface area contributed by atoms with E-state index >= 15 is 0 Å². The summed E-state index contributed by atoms with van der Waals surface area (Å²) < 4.78 is 19.3. The average molecular weight is 557 g/mol. The number of hydrogen-bond acceptors (Lipinski definition) is 9. The maximum atomic E-state index is 13.6. The molecule has 3 rings (SSSR count). The van der Waals surface area contributed by atoms with Gasteiger partial charge in [0.25, 0.3) is 5.56 Å². The molecule has 0 fully saturated rings. The van der Waals surface area contributed by atoms with Gasteiger partial charge in [0.2, 0.25) is 0 Å². The van der Waals surface area contributed by atoms with E-state index < -0.39 is 65.6 Å². The van der Waals surface area contributed by atoms with E-state index in [4.69, 9.17) is 9.84 Å². The van der Waals surface area contributed by atoms with Crippen molar-refractivity contribution in [2.24, 2.45) is 0 Å². The monoisotopic (exact) mass is 556 g/mol. The lowest BCUT2D eigenvalue weighted by molar-refractivity contribution is -0.147. The summed E-state index contributed by atoms with van der Waals surface area (Å²) in [6, 6.07) is 11.3. The van der Waals surface area contributed by atoms with Gasteiger partial charge in [0.1, 0.15) is 36.1 Å². The molecule has 0 saturated heterocycles. The van der Waals surface area contributed by atoms with E-state index in [1.165, 1.54) is 12.1 Å². The number of benzene rings is 2. The third kappa shape index (κ3) is 7.55. The fourth-order valence-corrected chi connectivity index (χ4v) is 3.57. The number of aliphatic carboxylic acids is 2. The number of aliphatic hydroxyl groups excluding tert-OH is 1. The summed E-state index contributed by atoms with van der Waals surface area (Å²) >= 11 is 0. The highest BCUT2D eigenvalue weighted by molar-refractivity contribution is 5.88. The maximum absolute atomic E-state index is 13.6. The fourth-order valence-electron chi connectivity index (χ4n) is 3.57. The van der Waals surface area contributed by atoms with Crippen molar-refractivity contribution in [3.63, 3.8) is 0 Å². The normalized spacial score (nSPS) is 13.1. The zero-order chi connectivity index (χ0) is 29.4. The smallest absolute Gasteiger partial charge is 0.412 e. The largest absolute Gasteiger partial charge is 0.481 e. The van der Waals surface area contributed by atoms with Crippen LogP contribution >= 0.6 is 0 Å². The summed E-state index contributed by atoms with van der Waals surface area (Å²) in [5, 5.41) is 33.2. The second-order valence-electron chi connectivity index (χ2n) is 8.50. The highest BCUT2D eigenvalue weighted by Crippen LogP contribution is 2.22. The molecule has 2 unspecified atom stereocenters. The number of carbonyl (C=O) groups is 4. The van der Waals surface area contributed by atoms with Crippen LogP contribution in [0.4, 0.5) is 14.9 Å². The third-order valence-electron chi connectivity index (χ3n) is 5.52. The van der Waals surface area contributed by atoms with Crippen molar-refractivity contribution in [2.75, 3.05) is 5.32 Å². The predicted molar refractivity (Wildman–Crippen MR) is 137 cm³/mol. The molecule has 0 saturated carbocycles. The molecule has 1 heterocycles. The lowest BCUT2D eigenvalue weighted by atomic mass is 10.1. The lowest BCUT2D eigenvalue weighted by Crippen LogP contribution is -2.50. The number of carboxylic acids is 2. The number of ketones is 1. The van der Waals surface area contributed by atoms with E-state index in [2.05, 4.69) is 15.6 Å². The van der Waals surface area contributed by atoms with Crippen molar-refractivity contribution < 1.29 is 43.6 Å². The first kappa shape index (κ1) is 29.6. The Morgan fingerprint density at radius 2 is 1.70 bits per heavy atom. The number of ether oxygens (including phenoxy) is 1. The molecule has 1 amide bonds. The Hall–Kier alpha value is -4.95. The molecule has 1 aromatic heterocycles. The first-order valence-electron chi connectivity index (χ1n) is 11.8. The van der Waals surface area contributed by atoms with Crippen molar-refractivity contribution in [2.45, 2.75) is 38.3 Å². The first-order chi connectivity index (χ1) is 19.0. The Morgan fingerprint density at radius 1 is 1.05 bits per heavy atom. The molecule has 210 valence electrons. The highest BCUT2D eigenvalue weighted by Gasteiger charge is 2.34. The number of nitrogens with zero attached hydrogens (tertiary/aromatic N) is 2. The van der Waals surface area contributed by atoms with E-state index in [-0.39, 0.29) is 18.0 Å². The highest BCUT2D eigenvalue weighted by atomic mass is 19.1. The number of Topliss-reactive ketones (excluding diaryl/α,β-unsaturated/α-hetero) is 1. The average Bonchev–Trinajstić information content (AvgIpc) is 2.91. The maximum Gasteiger partial charge on any atom is 0.412 e. The number of aliphatic hydroxyl groups is 1. The van der Waals surface area contributed by atoms with Crippen molar-refractivity contribution in [1.29, 1.82) is 0 Å². The molecule has 2 aromatic carbocycles. The van der Waals surface area contributed by atoms with Crippen LogP contribution < -0.4 is 16.2 Å². The Kier molecular flexibility index (Phi) is 9.78. The zero-order valence-corrected chi connectivity index (χ0v) is 21.0. The van der Waals surface area contributed by atoms with Gasteiger partial charge in [-0.05, 0) is 36.8 Å². The van der Waals surface area contributed by atoms with E-state index in [0.717, 1.165) is 25.3 Å². The summed E-state index contributed by atoms with van der Waals surface area (Å²) in [5.74, 6) is -5.20. The van der Waals surface area contributed by atoms with E-state index in [1.54, 1.807) is 30.3 Å². The second kappa shape index (κ2) is 13.2. The summed E-state index contributed by atoms with van der Waals surface area (Å²) in [6.07, 6.45) is -4.81. The Bertz CT molecular complexity index is 1440. The van der Waals surface area contributed by atoms with Crippen LogP contribution in [-0.2, 0) is 25.7 Å². The fraction of sp³-hybridized carbons (Fsp3) is 0.231. The number of amides is 1. The molecule has 14 heteroatoms. The zero-order valence-electron chi connectivity index (χ0n) is 21.0. The Labute approximate surface area is 225 Å². The van der Waals surface area contributed by atoms with Crippen molar-refractivity contribution in [1.82, 2.24) is 14.9 Å². The van der Waals surface area contributed by atoms with Gasteiger partial charge in [-0.25, -0.2) is 14.2 Å². The molecule has 0 radical (unpaired) electrons. The molecular weight excluding hydrogens is 531 g/mol. The first-order valence-corrected chi connectivity index (χ1v) is 11.8. The molecule has 5 N–H and O–H groups in total. The van der Waals surface area contributed by atoms with Gasteiger partial charge < -0.3 is 20.1 Å². The molecule has 0 aliphatic rings. The van der Waals surface area contributed by atoms with Crippen LogP contribution in [0.3, 0.4) is 0 Å². The van der Waals surface area contributed by atoms with E-state index in [0.29, 0.717) is 10.1 Å².